The summed E-state index contributed by atoms with van der Waals surface area (Å²) < 4.78 is 0. The van der Waals surface area contributed by atoms with E-state index in [0.29, 0.717) is 0 Å². The van der Waals surface area contributed by atoms with Gasteiger partial charge in [-0.05, 0) is 30.5 Å². The number of nitrogens with one attached hydrogen (secondary N) is 1. The molecule has 0 fully saturated rings. The first-order valence-corrected chi connectivity index (χ1v) is 5.64. The molecule has 0 aliphatic heterocycles. The maximum Gasteiger partial charge on any atom is 0.00981 e. The molecule has 0 amide bonds. The zero-order chi connectivity index (χ0) is 10.5. The van der Waals surface area contributed by atoms with Crippen molar-refractivity contribution in [3.8, 4) is 12.3 Å². The Morgan fingerprint density at radius 3 is 3.07 bits per heavy atom. The Balaban J connectivity index is 1.69. The molecule has 0 saturated heterocycles. The SMILES string of the molecule is C#CCCCNCC1Cc2ccccc21. The largest absolute Gasteiger partial charge is 0.316 e. The van der Waals surface area contributed by atoms with Gasteiger partial charge >= 0.3 is 0 Å². The third kappa shape index (κ3) is 2.40. The van der Waals surface area contributed by atoms with E-state index in [1.807, 2.05) is 0 Å². The monoisotopic (exact) mass is 199 g/mol. The maximum atomic E-state index is 5.19. The van der Waals surface area contributed by atoms with Crippen LogP contribution in [0.3, 0.4) is 0 Å². The molecule has 1 aromatic carbocycles. The Hall–Kier alpha value is -1.26. The molecule has 1 aromatic rings. The van der Waals surface area contributed by atoms with Gasteiger partial charge in [-0.25, -0.2) is 0 Å². The summed E-state index contributed by atoms with van der Waals surface area (Å²) in [4.78, 5) is 0. The average Bonchev–Trinajstić information content (AvgIpc) is 2.24. The van der Waals surface area contributed by atoms with E-state index < -0.39 is 0 Å². The van der Waals surface area contributed by atoms with Crippen LogP contribution in [0.5, 0.6) is 0 Å². The van der Waals surface area contributed by atoms with E-state index in [1.54, 1.807) is 0 Å². The molecule has 1 aliphatic rings. The molecular formula is C14H17N. The quantitative estimate of drug-likeness (QED) is 0.567. The summed E-state index contributed by atoms with van der Waals surface area (Å²) in [6, 6.07) is 8.72. The maximum absolute atomic E-state index is 5.19. The second-order valence-electron chi connectivity index (χ2n) is 4.11. The lowest BCUT2D eigenvalue weighted by Crippen LogP contribution is -2.29. The average molecular weight is 199 g/mol. The molecule has 1 nitrogen and oxygen atoms in total. The van der Waals surface area contributed by atoms with Crippen LogP contribution in [0.25, 0.3) is 0 Å². The van der Waals surface area contributed by atoms with Crippen LogP contribution in [0.15, 0.2) is 24.3 Å². The summed E-state index contributed by atoms with van der Waals surface area (Å²) in [5, 5.41) is 3.47. The second kappa shape index (κ2) is 5.00. The minimum absolute atomic E-state index is 0.729. The predicted octanol–water partition coefficient (Wildman–Crippen LogP) is 2.33. The Morgan fingerprint density at radius 2 is 2.27 bits per heavy atom. The number of unbranched alkanes of at least 4 members (excludes halogenated alkanes) is 1. The van der Waals surface area contributed by atoms with Crippen LogP contribution in [-0.2, 0) is 6.42 Å². The molecule has 1 atom stereocenters. The fourth-order valence-electron chi connectivity index (χ4n) is 2.14. The zero-order valence-corrected chi connectivity index (χ0v) is 9.00. The summed E-state index contributed by atoms with van der Waals surface area (Å²) in [6.45, 7) is 2.14. The van der Waals surface area contributed by atoms with Crippen molar-refractivity contribution in [1.29, 1.82) is 0 Å². The molecule has 1 unspecified atom stereocenters. The first kappa shape index (κ1) is 10.3. The zero-order valence-electron chi connectivity index (χ0n) is 9.00. The fraction of sp³-hybridized carbons (Fsp3) is 0.429. The van der Waals surface area contributed by atoms with Crippen LogP contribution in [0.4, 0.5) is 0 Å². The second-order valence-corrected chi connectivity index (χ2v) is 4.11. The van der Waals surface area contributed by atoms with Gasteiger partial charge in [0.1, 0.15) is 0 Å². The highest BCUT2D eigenvalue weighted by Crippen LogP contribution is 2.33. The molecular weight excluding hydrogens is 182 g/mol. The summed E-state index contributed by atoms with van der Waals surface area (Å²) in [7, 11) is 0. The highest BCUT2D eigenvalue weighted by atomic mass is 14.9. The molecule has 78 valence electrons. The van der Waals surface area contributed by atoms with Crippen molar-refractivity contribution in [2.75, 3.05) is 13.1 Å². The summed E-state index contributed by atoms with van der Waals surface area (Å²) >= 11 is 0. The normalized spacial score (nSPS) is 17.7. The number of hydrogen-bond donors (Lipinski definition) is 1. The van der Waals surface area contributed by atoms with Gasteiger partial charge in [0.05, 0.1) is 0 Å². The minimum Gasteiger partial charge on any atom is -0.316 e. The van der Waals surface area contributed by atoms with Crippen molar-refractivity contribution < 1.29 is 0 Å². The van der Waals surface area contributed by atoms with Gasteiger partial charge in [0, 0.05) is 18.9 Å². The van der Waals surface area contributed by atoms with Gasteiger partial charge in [-0.15, -0.1) is 12.3 Å². The lowest BCUT2D eigenvalue weighted by molar-refractivity contribution is 0.531. The molecule has 2 rings (SSSR count). The molecule has 1 aliphatic carbocycles. The van der Waals surface area contributed by atoms with Crippen LogP contribution in [-0.4, -0.2) is 13.1 Å². The van der Waals surface area contributed by atoms with Gasteiger partial charge in [0.15, 0.2) is 0 Å². The lowest BCUT2D eigenvalue weighted by atomic mass is 9.77. The number of fused-ring (bicyclic) bond motifs is 1. The van der Waals surface area contributed by atoms with E-state index in [0.717, 1.165) is 31.8 Å². The molecule has 0 radical (unpaired) electrons. The molecule has 0 bridgehead atoms. The Bertz CT molecular complexity index is 362. The fourth-order valence-corrected chi connectivity index (χ4v) is 2.14. The van der Waals surface area contributed by atoms with E-state index in [1.165, 1.54) is 17.5 Å². The van der Waals surface area contributed by atoms with Crippen LogP contribution in [0.1, 0.15) is 29.9 Å². The summed E-state index contributed by atoms with van der Waals surface area (Å²) in [5.74, 6) is 3.39. The van der Waals surface area contributed by atoms with E-state index in [9.17, 15) is 0 Å². The van der Waals surface area contributed by atoms with Crippen molar-refractivity contribution >= 4 is 0 Å². The molecule has 15 heavy (non-hydrogen) atoms. The molecule has 1 heteroatoms. The van der Waals surface area contributed by atoms with Crippen molar-refractivity contribution in [1.82, 2.24) is 5.32 Å². The van der Waals surface area contributed by atoms with E-state index in [4.69, 9.17) is 6.42 Å². The Morgan fingerprint density at radius 1 is 1.40 bits per heavy atom. The Labute approximate surface area is 91.9 Å². The lowest BCUT2D eigenvalue weighted by Gasteiger charge is -2.30. The highest BCUT2D eigenvalue weighted by molar-refractivity contribution is 5.40. The molecule has 0 spiro atoms. The molecule has 0 heterocycles. The topological polar surface area (TPSA) is 12.0 Å². The van der Waals surface area contributed by atoms with Crippen LogP contribution < -0.4 is 5.32 Å². The molecule has 0 aromatic heterocycles. The van der Waals surface area contributed by atoms with Gasteiger partial charge in [0.25, 0.3) is 0 Å². The minimum atomic E-state index is 0.729. The van der Waals surface area contributed by atoms with Gasteiger partial charge in [-0.3, -0.25) is 0 Å². The smallest absolute Gasteiger partial charge is 0.00981 e. The number of hydrogen-bond acceptors (Lipinski definition) is 1. The van der Waals surface area contributed by atoms with Crippen LogP contribution >= 0.6 is 0 Å². The third-order valence-electron chi connectivity index (χ3n) is 3.03. The standard InChI is InChI=1S/C14H17N/c1-2-3-6-9-15-11-13-10-12-7-4-5-8-14(12)13/h1,4-5,7-8,13,15H,3,6,9-11H2. The van der Waals surface area contributed by atoms with E-state index >= 15 is 0 Å². The summed E-state index contributed by atoms with van der Waals surface area (Å²) in [6.07, 6.45) is 8.40. The molecule has 0 saturated carbocycles. The Kier molecular flexibility index (Phi) is 3.42. The first-order chi connectivity index (χ1) is 7.42. The molecule has 1 N–H and O–H groups in total. The number of rotatable bonds is 5. The van der Waals surface area contributed by atoms with Gasteiger partial charge in [0.2, 0.25) is 0 Å². The van der Waals surface area contributed by atoms with Crippen molar-refractivity contribution in [2.24, 2.45) is 0 Å². The van der Waals surface area contributed by atoms with E-state index in [2.05, 4.69) is 35.5 Å². The summed E-state index contributed by atoms with van der Waals surface area (Å²) in [5.41, 5.74) is 3.05. The van der Waals surface area contributed by atoms with Crippen LogP contribution in [0, 0.1) is 12.3 Å². The van der Waals surface area contributed by atoms with Crippen molar-refractivity contribution in [3.63, 3.8) is 0 Å². The van der Waals surface area contributed by atoms with Gasteiger partial charge < -0.3 is 5.32 Å². The third-order valence-corrected chi connectivity index (χ3v) is 3.03. The highest BCUT2D eigenvalue weighted by Gasteiger charge is 2.24. The van der Waals surface area contributed by atoms with Gasteiger partial charge in [-0.2, -0.15) is 0 Å². The van der Waals surface area contributed by atoms with Crippen molar-refractivity contribution in [2.45, 2.75) is 25.2 Å². The van der Waals surface area contributed by atoms with E-state index in [-0.39, 0.29) is 0 Å². The van der Waals surface area contributed by atoms with Crippen molar-refractivity contribution in [3.05, 3.63) is 35.4 Å². The van der Waals surface area contributed by atoms with Crippen LogP contribution in [0.2, 0.25) is 0 Å². The number of benzene rings is 1. The van der Waals surface area contributed by atoms with Gasteiger partial charge in [-0.1, -0.05) is 24.3 Å². The predicted molar refractivity (Wildman–Crippen MR) is 63.8 cm³/mol. The number of terminal acetylenes is 1. The first-order valence-electron chi connectivity index (χ1n) is 5.64.